The lowest BCUT2D eigenvalue weighted by molar-refractivity contribution is 0.471. The summed E-state index contributed by atoms with van der Waals surface area (Å²) in [5.41, 5.74) is 6.10. The van der Waals surface area contributed by atoms with Gasteiger partial charge in [0.2, 0.25) is 0 Å². The Labute approximate surface area is 94.7 Å². The highest BCUT2D eigenvalue weighted by molar-refractivity contribution is 5.40. The van der Waals surface area contributed by atoms with Gasteiger partial charge in [-0.1, -0.05) is 13.8 Å². The van der Waals surface area contributed by atoms with Crippen LogP contribution in [0.3, 0.4) is 0 Å². The molecule has 1 nitrogen and oxygen atoms in total. The van der Waals surface area contributed by atoms with Crippen LogP contribution in [-0.4, -0.2) is 6.54 Å². The van der Waals surface area contributed by atoms with E-state index in [0.29, 0.717) is 17.7 Å². The zero-order valence-corrected chi connectivity index (χ0v) is 9.90. The van der Waals surface area contributed by atoms with Gasteiger partial charge >= 0.3 is 0 Å². The first-order valence-corrected chi connectivity index (χ1v) is 5.50. The molecule has 1 aliphatic carbocycles. The largest absolute Gasteiger partial charge is 0.330 e. The van der Waals surface area contributed by atoms with Crippen LogP contribution in [0.2, 0.25) is 0 Å². The highest BCUT2D eigenvalue weighted by Crippen LogP contribution is 2.64. The molecule has 1 aliphatic rings. The minimum atomic E-state index is -0.383. The van der Waals surface area contributed by atoms with Gasteiger partial charge in [-0.3, -0.25) is 0 Å². The molecule has 3 heteroatoms. The summed E-state index contributed by atoms with van der Waals surface area (Å²) in [5, 5.41) is 0. The van der Waals surface area contributed by atoms with Gasteiger partial charge in [0.25, 0.3) is 0 Å². The van der Waals surface area contributed by atoms with Crippen molar-refractivity contribution in [2.75, 3.05) is 6.54 Å². The van der Waals surface area contributed by atoms with Gasteiger partial charge in [-0.2, -0.15) is 0 Å². The number of rotatable bonds is 2. The van der Waals surface area contributed by atoms with Gasteiger partial charge in [0, 0.05) is 12.0 Å². The van der Waals surface area contributed by atoms with Crippen LogP contribution in [0.4, 0.5) is 8.78 Å². The van der Waals surface area contributed by atoms with Crippen molar-refractivity contribution in [2.24, 2.45) is 11.1 Å². The van der Waals surface area contributed by atoms with Crippen LogP contribution >= 0.6 is 0 Å². The van der Waals surface area contributed by atoms with Gasteiger partial charge < -0.3 is 5.73 Å². The molecule has 0 heterocycles. The zero-order valence-electron chi connectivity index (χ0n) is 9.90. The molecule has 0 spiro atoms. The number of hydrogen-bond donors (Lipinski definition) is 1. The van der Waals surface area contributed by atoms with Crippen molar-refractivity contribution in [3.8, 4) is 0 Å². The summed E-state index contributed by atoms with van der Waals surface area (Å²) in [6.07, 6.45) is 0.815. The van der Waals surface area contributed by atoms with E-state index >= 15 is 0 Å². The first kappa shape index (κ1) is 11.5. The molecule has 1 aromatic carbocycles. The summed E-state index contributed by atoms with van der Waals surface area (Å²) >= 11 is 0. The Kier molecular flexibility index (Phi) is 2.35. The van der Waals surface area contributed by atoms with Crippen LogP contribution < -0.4 is 5.73 Å². The average molecular weight is 225 g/mol. The Hall–Kier alpha value is -0.960. The monoisotopic (exact) mass is 225 g/mol. The Balaban J connectivity index is 2.53. The third kappa shape index (κ3) is 1.38. The second-order valence-corrected chi connectivity index (χ2v) is 5.43. The molecular weight excluding hydrogens is 208 g/mol. The van der Waals surface area contributed by atoms with E-state index < -0.39 is 0 Å². The van der Waals surface area contributed by atoms with Crippen LogP contribution in [-0.2, 0) is 5.41 Å². The lowest BCUT2D eigenvalue weighted by atomic mass is 9.87. The lowest BCUT2D eigenvalue weighted by Crippen LogP contribution is -2.26. The van der Waals surface area contributed by atoms with E-state index in [1.165, 1.54) is 12.1 Å². The normalized spacial score (nSPS) is 26.9. The topological polar surface area (TPSA) is 26.0 Å². The number of aryl methyl sites for hydroxylation is 1. The Morgan fingerprint density at radius 2 is 1.81 bits per heavy atom. The molecule has 1 saturated carbocycles. The van der Waals surface area contributed by atoms with E-state index in [9.17, 15) is 8.78 Å². The summed E-state index contributed by atoms with van der Waals surface area (Å²) in [7, 11) is 0. The molecule has 0 radical (unpaired) electrons. The fourth-order valence-corrected chi connectivity index (χ4v) is 2.64. The molecule has 1 atom stereocenters. The minimum Gasteiger partial charge on any atom is -0.330 e. The van der Waals surface area contributed by atoms with Crippen molar-refractivity contribution in [2.45, 2.75) is 32.6 Å². The standard InChI is InChI=1S/C13H17F2N/c1-8-4-11(15)9(5-10(8)14)13(7-16)6-12(13,2)3/h4-5H,6-7,16H2,1-3H3. The van der Waals surface area contributed by atoms with Gasteiger partial charge in [-0.05, 0) is 42.0 Å². The van der Waals surface area contributed by atoms with Crippen LogP contribution in [0.1, 0.15) is 31.4 Å². The molecule has 0 bridgehead atoms. The molecule has 0 saturated heterocycles. The third-order valence-corrected chi connectivity index (χ3v) is 4.03. The fraction of sp³-hybridized carbons (Fsp3) is 0.538. The van der Waals surface area contributed by atoms with Gasteiger partial charge in [0.15, 0.2) is 0 Å². The Morgan fingerprint density at radius 1 is 1.25 bits per heavy atom. The van der Waals surface area contributed by atoms with E-state index in [1.807, 2.05) is 13.8 Å². The average Bonchev–Trinajstić information content (AvgIpc) is 2.76. The number of nitrogens with two attached hydrogens (primary N) is 1. The second-order valence-electron chi connectivity index (χ2n) is 5.43. The maximum absolute atomic E-state index is 13.9. The Bertz CT molecular complexity index is 440. The first-order valence-electron chi connectivity index (χ1n) is 5.50. The summed E-state index contributed by atoms with van der Waals surface area (Å²) in [6, 6.07) is 2.57. The predicted molar refractivity (Wildman–Crippen MR) is 60.2 cm³/mol. The first-order chi connectivity index (χ1) is 7.34. The van der Waals surface area contributed by atoms with Gasteiger partial charge in [-0.25, -0.2) is 8.78 Å². The SMILES string of the molecule is Cc1cc(F)c(C2(CN)CC2(C)C)cc1F. The van der Waals surface area contributed by atoms with E-state index in [-0.39, 0.29) is 22.5 Å². The van der Waals surface area contributed by atoms with Crippen molar-refractivity contribution in [1.29, 1.82) is 0 Å². The van der Waals surface area contributed by atoms with Crippen molar-refractivity contribution in [3.05, 3.63) is 34.9 Å². The molecule has 1 fully saturated rings. The fourth-order valence-electron chi connectivity index (χ4n) is 2.64. The highest BCUT2D eigenvalue weighted by Gasteiger charge is 2.62. The molecule has 0 amide bonds. The van der Waals surface area contributed by atoms with E-state index in [0.717, 1.165) is 6.42 Å². The number of benzene rings is 1. The van der Waals surface area contributed by atoms with Gasteiger partial charge in [0.05, 0.1) is 0 Å². The van der Waals surface area contributed by atoms with Crippen molar-refractivity contribution < 1.29 is 8.78 Å². The minimum absolute atomic E-state index is 0.0374. The molecule has 2 rings (SSSR count). The number of halogens is 2. The molecule has 16 heavy (non-hydrogen) atoms. The molecule has 88 valence electrons. The van der Waals surface area contributed by atoms with E-state index in [1.54, 1.807) is 6.92 Å². The summed E-state index contributed by atoms with van der Waals surface area (Å²) < 4.78 is 27.4. The Morgan fingerprint density at radius 3 is 2.25 bits per heavy atom. The third-order valence-electron chi connectivity index (χ3n) is 4.03. The van der Waals surface area contributed by atoms with Gasteiger partial charge in [0.1, 0.15) is 11.6 Å². The molecular formula is C13H17F2N. The van der Waals surface area contributed by atoms with E-state index in [2.05, 4.69) is 0 Å². The zero-order chi connectivity index (χ0) is 12.1. The highest BCUT2D eigenvalue weighted by atomic mass is 19.1. The predicted octanol–water partition coefficient (Wildman–Crippen LogP) is 2.90. The molecule has 0 aliphatic heterocycles. The van der Waals surface area contributed by atoms with Crippen LogP contribution in [0.5, 0.6) is 0 Å². The smallest absolute Gasteiger partial charge is 0.127 e. The summed E-state index contributed by atoms with van der Waals surface area (Å²) in [4.78, 5) is 0. The van der Waals surface area contributed by atoms with Crippen LogP contribution in [0.15, 0.2) is 12.1 Å². The van der Waals surface area contributed by atoms with Gasteiger partial charge in [-0.15, -0.1) is 0 Å². The lowest BCUT2D eigenvalue weighted by Gasteiger charge is -2.20. The van der Waals surface area contributed by atoms with Crippen molar-refractivity contribution in [1.82, 2.24) is 0 Å². The number of hydrogen-bond acceptors (Lipinski definition) is 1. The quantitative estimate of drug-likeness (QED) is 0.822. The van der Waals surface area contributed by atoms with Crippen LogP contribution in [0, 0.1) is 24.0 Å². The molecule has 1 aromatic rings. The molecule has 2 N–H and O–H groups in total. The maximum Gasteiger partial charge on any atom is 0.127 e. The van der Waals surface area contributed by atoms with Crippen molar-refractivity contribution in [3.63, 3.8) is 0 Å². The molecule has 0 aromatic heterocycles. The maximum atomic E-state index is 13.9. The molecule has 1 unspecified atom stereocenters. The van der Waals surface area contributed by atoms with Crippen LogP contribution in [0.25, 0.3) is 0 Å². The summed E-state index contributed by atoms with van der Waals surface area (Å²) in [5.74, 6) is -0.693. The summed E-state index contributed by atoms with van der Waals surface area (Å²) in [6.45, 7) is 6.00. The van der Waals surface area contributed by atoms with Crippen molar-refractivity contribution >= 4 is 0 Å². The van der Waals surface area contributed by atoms with E-state index in [4.69, 9.17) is 5.73 Å². The second kappa shape index (κ2) is 3.27.